The Balaban J connectivity index is 1.88. The Bertz CT molecular complexity index is 578. The van der Waals surface area contributed by atoms with Gasteiger partial charge in [0.2, 0.25) is 0 Å². The van der Waals surface area contributed by atoms with Gasteiger partial charge < -0.3 is 15.8 Å². The fourth-order valence-corrected chi connectivity index (χ4v) is 1.52. The van der Waals surface area contributed by atoms with Crippen LogP contribution in [0.2, 0.25) is 0 Å². The molecule has 20 heavy (non-hydrogen) atoms. The van der Waals surface area contributed by atoms with Crippen LogP contribution in [0.15, 0.2) is 36.5 Å². The van der Waals surface area contributed by atoms with E-state index in [0.717, 1.165) is 5.69 Å². The van der Waals surface area contributed by atoms with Gasteiger partial charge in [-0.05, 0) is 30.3 Å². The van der Waals surface area contributed by atoms with Crippen molar-refractivity contribution >= 4 is 11.8 Å². The van der Waals surface area contributed by atoms with Gasteiger partial charge in [-0.15, -0.1) is 0 Å². The number of nitrogens with zero attached hydrogens (tertiary/aromatic N) is 1. The van der Waals surface area contributed by atoms with Gasteiger partial charge in [0, 0.05) is 11.8 Å². The Morgan fingerprint density at radius 2 is 2.00 bits per heavy atom. The molecule has 2 amide bonds. The maximum Gasteiger partial charge on any atom is 0.255 e. The van der Waals surface area contributed by atoms with Crippen LogP contribution in [0.25, 0.3) is 0 Å². The fourth-order valence-electron chi connectivity index (χ4n) is 1.52. The summed E-state index contributed by atoms with van der Waals surface area (Å²) in [4.78, 5) is 22.4. The number of nitrogens with two attached hydrogens (primary N) is 1. The van der Waals surface area contributed by atoms with E-state index in [-0.39, 0.29) is 12.5 Å². The number of amides is 2. The van der Waals surface area contributed by atoms with Crippen LogP contribution in [-0.2, 0) is 11.3 Å². The van der Waals surface area contributed by atoms with Crippen LogP contribution in [0.5, 0.6) is 5.75 Å². The number of ether oxygens (including phenoxy) is 1. The second kappa shape index (κ2) is 6.37. The summed E-state index contributed by atoms with van der Waals surface area (Å²) in [6.45, 7) is 0.185. The first-order valence-corrected chi connectivity index (χ1v) is 5.93. The number of H-pyrrole nitrogens is 1. The van der Waals surface area contributed by atoms with E-state index in [2.05, 4.69) is 15.5 Å². The molecule has 0 aliphatic heterocycles. The minimum Gasteiger partial charge on any atom is -0.484 e. The van der Waals surface area contributed by atoms with Crippen LogP contribution >= 0.6 is 0 Å². The number of aromatic amines is 1. The van der Waals surface area contributed by atoms with Crippen molar-refractivity contribution in [2.24, 2.45) is 5.73 Å². The monoisotopic (exact) mass is 274 g/mol. The molecule has 0 fully saturated rings. The van der Waals surface area contributed by atoms with Gasteiger partial charge in [0.15, 0.2) is 6.61 Å². The van der Waals surface area contributed by atoms with Crippen LogP contribution < -0.4 is 15.8 Å². The molecular formula is C13H14N4O3. The molecule has 0 saturated heterocycles. The molecule has 0 unspecified atom stereocenters. The molecule has 4 N–H and O–H groups in total. The summed E-state index contributed by atoms with van der Waals surface area (Å²) in [6, 6.07) is 8.21. The third kappa shape index (κ3) is 3.84. The van der Waals surface area contributed by atoms with Crippen molar-refractivity contribution in [1.82, 2.24) is 15.5 Å². The SMILES string of the molecule is NC(=O)COc1ccc(C(=O)NCc2ccn[nH]2)cc1. The van der Waals surface area contributed by atoms with E-state index < -0.39 is 5.91 Å². The van der Waals surface area contributed by atoms with E-state index in [9.17, 15) is 9.59 Å². The van der Waals surface area contributed by atoms with E-state index in [0.29, 0.717) is 17.9 Å². The van der Waals surface area contributed by atoms with E-state index in [1.807, 2.05) is 0 Å². The molecule has 0 bridgehead atoms. The van der Waals surface area contributed by atoms with Crippen molar-refractivity contribution in [2.45, 2.75) is 6.54 Å². The van der Waals surface area contributed by atoms with Crippen LogP contribution in [0.4, 0.5) is 0 Å². The summed E-state index contributed by atoms with van der Waals surface area (Å²) in [5, 5.41) is 9.29. The van der Waals surface area contributed by atoms with Gasteiger partial charge >= 0.3 is 0 Å². The molecule has 0 saturated carbocycles. The lowest BCUT2D eigenvalue weighted by molar-refractivity contribution is -0.119. The number of nitrogens with one attached hydrogen (secondary N) is 2. The molecule has 0 atom stereocenters. The lowest BCUT2D eigenvalue weighted by atomic mass is 10.2. The Hall–Kier alpha value is -2.83. The van der Waals surface area contributed by atoms with Crippen molar-refractivity contribution in [2.75, 3.05) is 6.61 Å². The Morgan fingerprint density at radius 3 is 2.60 bits per heavy atom. The number of hydrogen-bond acceptors (Lipinski definition) is 4. The summed E-state index contributed by atoms with van der Waals surface area (Å²) in [5.74, 6) is -0.277. The van der Waals surface area contributed by atoms with Gasteiger partial charge in [0.1, 0.15) is 5.75 Å². The van der Waals surface area contributed by atoms with Crippen molar-refractivity contribution in [3.8, 4) is 5.75 Å². The quantitative estimate of drug-likeness (QED) is 0.699. The zero-order valence-corrected chi connectivity index (χ0v) is 10.6. The second-order valence-corrected chi connectivity index (χ2v) is 4.04. The first-order chi connectivity index (χ1) is 9.65. The topological polar surface area (TPSA) is 110 Å². The maximum atomic E-state index is 11.9. The average molecular weight is 274 g/mol. The first kappa shape index (κ1) is 13.6. The van der Waals surface area contributed by atoms with E-state index in [1.54, 1.807) is 36.5 Å². The summed E-state index contributed by atoms with van der Waals surface area (Å²) in [5.41, 5.74) is 6.28. The largest absolute Gasteiger partial charge is 0.484 e. The smallest absolute Gasteiger partial charge is 0.255 e. The summed E-state index contributed by atoms with van der Waals surface area (Å²) in [7, 11) is 0. The number of carbonyl (C=O) groups excluding carboxylic acids is 2. The number of primary amides is 1. The zero-order chi connectivity index (χ0) is 14.4. The molecule has 0 radical (unpaired) electrons. The third-order valence-corrected chi connectivity index (χ3v) is 2.50. The Kier molecular flexibility index (Phi) is 4.33. The third-order valence-electron chi connectivity index (χ3n) is 2.50. The minimum atomic E-state index is -0.550. The fraction of sp³-hybridized carbons (Fsp3) is 0.154. The highest BCUT2D eigenvalue weighted by molar-refractivity contribution is 5.94. The van der Waals surface area contributed by atoms with Gasteiger partial charge in [-0.2, -0.15) is 5.10 Å². The van der Waals surface area contributed by atoms with Crippen molar-refractivity contribution in [1.29, 1.82) is 0 Å². The number of carbonyl (C=O) groups is 2. The lowest BCUT2D eigenvalue weighted by Crippen LogP contribution is -2.23. The maximum absolute atomic E-state index is 11.9. The van der Waals surface area contributed by atoms with Gasteiger partial charge in [-0.1, -0.05) is 0 Å². The van der Waals surface area contributed by atoms with Crippen molar-refractivity contribution < 1.29 is 14.3 Å². The molecular weight excluding hydrogens is 260 g/mol. The van der Waals surface area contributed by atoms with Crippen LogP contribution in [0, 0.1) is 0 Å². The minimum absolute atomic E-state index is 0.189. The van der Waals surface area contributed by atoms with E-state index >= 15 is 0 Å². The van der Waals surface area contributed by atoms with E-state index in [1.165, 1.54) is 0 Å². The lowest BCUT2D eigenvalue weighted by Gasteiger charge is -2.06. The highest BCUT2D eigenvalue weighted by atomic mass is 16.5. The van der Waals surface area contributed by atoms with E-state index in [4.69, 9.17) is 10.5 Å². The highest BCUT2D eigenvalue weighted by Crippen LogP contribution is 2.12. The summed E-state index contributed by atoms with van der Waals surface area (Å²) >= 11 is 0. The molecule has 2 aromatic rings. The molecule has 104 valence electrons. The van der Waals surface area contributed by atoms with Gasteiger partial charge in [0.25, 0.3) is 11.8 Å². The molecule has 1 aromatic carbocycles. The standard InChI is InChI=1S/C13H14N4O3/c14-12(18)8-20-11-3-1-9(2-4-11)13(19)15-7-10-5-6-16-17-10/h1-6H,7-8H2,(H2,14,18)(H,15,19)(H,16,17). The Labute approximate surface area is 115 Å². The Morgan fingerprint density at radius 1 is 1.25 bits per heavy atom. The molecule has 0 aliphatic carbocycles. The second-order valence-electron chi connectivity index (χ2n) is 4.04. The predicted octanol–water partition coefficient (Wildman–Crippen LogP) is 0.204. The van der Waals surface area contributed by atoms with Gasteiger partial charge in [-0.25, -0.2) is 0 Å². The van der Waals surface area contributed by atoms with Crippen LogP contribution in [0.3, 0.4) is 0 Å². The highest BCUT2D eigenvalue weighted by Gasteiger charge is 2.06. The number of benzene rings is 1. The first-order valence-electron chi connectivity index (χ1n) is 5.93. The summed E-state index contributed by atoms with van der Waals surface area (Å²) < 4.78 is 5.10. The molecule has 2 rings (SSSR count). The molecule has 1 aromatic heterocycles. The number of aromatic nitrogens is 2. The normalized spacial score (nSPS) is 10.0. The van der Waals surface area contributed by atoms with Crippen molar-refractivity contribution in [3.05, 3.63) is 47.8 Å². The predicted molar refractivity (Wildman–Crippen MR) is 70.9 cm³/mol. The molecule has 0 spiro atoms. The van der Waals surface area contributed by atoms with Crippen LogP contribution in [0.1, 0.15) is 16.1 Å². The molecule has 1 heterocycles. The average Bonchev–Trinajstić information content (AvgIpc) is 2.96. The van der Waals surface area contributed by atoms with Crippen molar-refractivity contribution in [3.63, 3.8) is 0 Å². The zero-order valence-electron chi connectivity index (χ0n) is 10.6. The number of rotatable bonds is 6. The van der Waals surface area contributed by atoms with Gasteiger partial charge in [0.05, 0.1) is 12.2 Å². The number of hydrogen-bond donors (Lipinski definition) is 3. The molecule has 0 aliphatic rings. The van der Waals surface area contributed by atoms with Gasteiger partial charge in [-0.3, -0.25) is 14.7 Å². The summed E-state index contributed by atoms with van der Waals surface area (Å²) in [6.07, 6.45) is 1.62. The molecule has 7 heteroatoms. The molecule has 7 nitrogen and oxygen atoms in total. The van der Waals surface area contributed by atoms with Crippen LogP contribution in [-0.4, -0.2) is 28.6 Å².